The number of hydrogen-bond donors (Lipinski definition) is 1. The number of para-hydroxylation sites is 1. The molecule has 5 nitrogen and oxygen atoms in total. The molecule has 1 amide bonds. The first-order valence-electron chi connectivity index (χ1n) is 7.44. The second-order valence-corrected chi connectivity index (χ2v) is 7.68. The van der Waals surface area contributed by atoms with Crippen molar-refractivity contribution < 1.29 is 13.2 Å². The van der Waals surface area contributed by atoms with Gasteiger partial charge < -0.3 is 5.32 Å². The maximum Gasteiger partial charge on any atom is 0.232 e. The minimum Gasteiger partial charge on any atom is -0.326 e. The molecule has 0 unspecified atom stereocenters. The second kappa shape index (κ2) is 8.17. The van der Waals surface area contributed by atoms with Crippen LogP contribution >= 0.6 is 11.6 Å². The molecule has 128 valence electrons. The summed E-state index contributed by atoms with van der Waals surface area (Å²) in [6.07, 6.45) is 1.78. The van der Waals surface area contributed by atoms with Gasteiger partial charge in [0.15, 0.2) is 0 Å². The smallest absolute Gasteiger partial charge is 0.232 e. The second-order valence-electron chi connectivity index (χ2n) is 5.33. The van der Waals surface area contributed by atoms with Crippen LogP contribution in [-0.4, -0.2) is 27.1 Å². The van der Waals surface area contributed by atoms with Gasteiger partial charge in [-0.1, -0.05) is 35.9 Å². The highest BCUT2D eigenvalue weighted by Crippen LogP contribution is 2.18. The average Bonchev–Trinajstić information content (AvgIpc) is 2.51. The Labute approximate surface area is 147 Å². The first-order valence-corrected chi connectivity index (χ1v) is 9.67. The molecule has 0 heterocycles. The summed E-state index contributed by atoms with van der Waals surface area (Å²) in [7, 11) is -3.40. The van der Waals surface area contributed by atoms with E-state index in [4.69, 9.17) is 11.6 Å². The average molecular weight is 367 g/mol. The van der Waals surface area contributed by atoms with Gasteiger partial charge in [-0.2, -0.15) is 0 Å². The van der Waals surface area contributed by atoms with Gasteiger partial charge in [-0.05, 0) is 36.8 Å². The number of hydrogen-bond acceptors (Lipinski definition) is 3. The summed E-state index contributed by atoms with van der Waals surface area (Å²) < 4.78 is 25.2. The number of rotatable bonds is 7. The van der Waals surface area contributed by atoms with E-state index in [9.17, 15) is 13.2 Å². The third-order valence-electron chi connectivity index (χ3n) is 3.32. The van der Waals surface area contributed by atoms with Crippen LogP contribution in [0.1, 0.15) is 12.8 Å². The molecule has 0 aliphatic heterocycles. The van der Waals surface area contributed by atoms with Crippen molar-refractivity contribution >= 4 is 38.9 Å². The molecule has 0 spiro atoms. The molecule has 7 heteroatoms. The fourth-order valence-electron chi connectivity index (χ4n) is 2.25. The minimum atomic E-state index is -3.40. The summed E-state index contributed by atoms with van der Waals surface area (Å²) in [5.41, 5.74) is 1.21. The molecule has 0 saturated heterocycles. The number of carbonyl (C=O) groups excluding carboxylic acids is 1. The predicted molar refractivity (Wildman–Crippen MR) is 97.9 cm³/mol. The molecular weight excluding hydrogens is 348 g/mol. The van der Waals surface area contributed by atoms with Crippen LogP contribution in [0.4, 0.5) is 11.4 Å². The quantitative estimate of drug-likeness (QED) is 0.815. The molecule has 1 N–H and O–H groups in total. The summed E-state index contributed by atoms with van der Waals surface area (Å²) in [5, 5.41) is 3.29. The Morgan fingerprint density at radius 3 is 2.46 bits per heavy atom. The lowest BCUT2D eigenvalue weighted by Crippen LogP contribution is -2.31. The van der Waals surface area contributed by atoms with Crippen LogP contribution in [0.3, 0.4) is 0 Å². The Hall–Kier alpha value is -2.05. The van der Waals surface area contributed by atoms with Crippen LogP contribution in [0, 0.1) is 0 Å². The summed E-state index contributed by atoms with van der Waals surface area (Å²) in [5.74, 6) is -0.182. The Morgan fingerprint density at radius 1 is 1.12 bits per heavy atom. The van der Waals surface area contributed by atoms with Gasteiger partial charge in [-0.25, -0.2) is 8.42 Å². The fraction of sp³-hybridized carbons (Fsp3) is 0.235. The van der Waals surface area contributed by atoms with Crippen molar-refractivity contribution in [2.24, 2.45) is 0 Å². The predicted octanol–water partition coefficient (Wildman–Crippen LogP) is 3.52. The van der Waals surface area contributed by atoms with Crippen LogP contribution in [0.15, 0.2) is 54.6 Å². The number of halogens is 1. The van der Waals surface area contributed by atoms with E-state index in [1.54, 1.807) is 48.5 Å². The SMILES string of the molecule is CS(=O)(=O)N(CCCC(=O)Nc1cccc(Cl)c1)c1ccccc1. The van der Waals surface area contributed by atoms with Crippen molar-refractivity contribution in [2.75, 3.05) is 22.4 Å². The third kappa shape index (κ3) is 5.54. The molecule has 2 aromatic rings. The monoisotopic (exact) mass is 366 g/mol. The largest absolute Gasteiger partial charge is 0.326 e. The molecule has 0 radical (unpaired) electrons. The highest BCUT2D eigenvalue weighted by molar-refractivity contribution is 7.92. The molecule has 0 atom stereocenters. The van der Waals surface area contributed by atoms with E-state index in [1.165, 1.54) is 4.31 Å². The highest BCUT2D eigenvalue weighted by atomic mass is 35.5. The third-order valence-corrected chi connectivity index (χ3v) is 4.75. The van der Waals surface area contributed by atoms with Crippen LogP contribution in [0.5, 0.6) is 0 Å². The molecule has 2 aromatic carbocycles. The van der Waals surface area contributed by atoms with Crippen LogP contribution < -0.4 is 9.62 Å². The van der Waals surface area contributed by atoms with Crippen molar-refractivity contribution in [2.45, 2.75) is 12.8 Å². The number of nitrogens with one attached hydrogen (secondary N) is 1. The maximum absolute atomic E-state index is 12.0. The zero-order valence-electron chi connectivity index (χ0n) is 13.3. The molecule has 24 heavy (non-hydrogen) atoms. The van der Waals surface area contributed by atoms with E-state index in [0.717, 1.165) is 6.26 Å². The van der Waals surface area contributed by atoms with Crippen molar-refractivity contribution in [3.63, 3.8) is 0 Å². The molecule has 0 aliphatic carbocycles. The van der Waals surface area contributed by atoms with Gasteiger partial charge in [-0.3, -0.25) is 9.10 Å². The van der Waals surface area contributed by atoms with Crippen molar-refractivity contribution in [3.05, 3.63) is 59.6 Å². The van der Waals surface area contributed by atoms with E-state index in [-0.39, 0.29) is 18.9 Å². The van der Waals surface area contributed by atoms with Gasteiger partial charge in [-0.15, -0.1) is 0 Å². The summed E-state index contributed by atoms with van der Waals surface area (Å²) in [6, 6.07) is 15.7. The van der Waals surface area contributed by atoms with Crippen molar-refractivity contribution in [1.29, 1.82) is 0 Å². The highest BCUT2D eigenvalue weighted by Gasteiger charge is 2.17. The molecule has 0 aliphatic rings. The number of amides is 1. The lowest BCUT2D eigenvalue weighted by Gasteiger charge is -2.22. The van der Waals surface area contributed by atoms with E-state index in [0.29, 0.717) is 22.8 Å². The molecule has 2 rings (SSSR count). The molecule has 0 fully saturated rings. The first-order chi connectivity index (χ1) is 11.4. The van der Waals surface area contributed by atoms with Gasteiger partial charge in [0.05, 0.1) is 11.9 Å². The minimum absolute atomic E-state index is 0.182. The summed E-state index contributed by atoms with van der Waals surface area (Å²) in [4.78, 5) is 12.0. The van der Waals surface area contributed by atoms with Crippen LogP contribution in [0.25, 0.3) is 0 Å². The van der Waals surface area contributed by atoms with E-state index in [2.05, 4.69) is 5.32 Å². The standard InChI is InChI=1S/C17H19ClN2O3S/c1-24(22,23)20(16-9-3-2-4-10-16)12-6-11-17(21)19-15-8-5-7-14(18)13-15/h2-5,7-10,13H,6,11-12H2,1H3,(H,19,21). The number of anilines is 2. The zero-order chi connectivity index (χ0) is 17.6. The van der Waals surface area contributed by atoms with Gasteiger partial charge >= 0.3 is 0 Å². The molecular formula is C17H19ClN2O3S. The summed E-state index contributed by atoms with van der Waals surface area (Å²) >= 11 is 5.87. The lowest BCUT2D eigenvalue weighted by molar-refractivity contribution is -0.116. The van der Waals surface area contributed by atoms with Gasteiger partial charge in [0.2, 0.25) is 15.9 Å². The maximum atomic E-state index is 12.0. The van der Waals surface area contributed by atoms with Gasteiger partial charge in [0.25, 0.3) is 0 Å². The van der Waals surface area contributed by atoms with Crippen molar-refractivity contribution in [3.8, 4) is 0 Å². The molecule has 0 saturated carbocycles. The number of sulfonamides is 1. The Balaban J connectivity index is 1.92. The van der Waals surface area contributed by atoms with E-state index >= 15 is 0 Å². The Bertz CT molecular complexity index is 794. The van der Waals surface area contributed by atoms with E-state index in [1.807, 2.05) is 6.07 Å². The lowest BCUT2D eigenvalue weighted by atomic mass is 10.2. The van der Waals surface area contributed by atoms with Crippen LogP contribution in [0.2, 0.25) is 5.02 Å². The van der Waals surface area contributed by atoms with Gasteiger partial charge in [0, 0.05) is 23.7 Å². The number of nitrogens with zero attached hydrogens (tertiary/aromatic N) is 1. The zero-order valence-corrected chi connectivity index (χ0v) is 14.8. The summed E-state index contributed by atoms with van der Waals surface area (Å²) in [6.45, 7) is 0.242. The van der Waals surface area contributed by atoms with Gasteiger partial charge in [0.1, 0.15) is 0 Å². The molecule has 0 bridgehead atoms. The Kier molecular flexibility index (Phi) is 6.23. The fourth-order valence-corrected chi connectivity index (χ4v) is 3.41. The Morgan fingerprint density at radius 2 is 1.83 bits per heavy atom. The van der Waals surface area contributed by atoms with Crippen LogP contribution in [-0.2, 0) is 14.8 Å². The van der Waals surface area contributed by atoms with Crippen molar-refractivity contribution in [1.82, 2.24) is 0 Å². The first kappa shape index (κ1) is 18.3. The van der Waals surface area contributed by atoms with E-state index < -0.39 is 10.0 Å². The normalized spacial score (nSPS) is 11.1. The number of benzene rings is 2. The number of carbonyl (C=O) groups is 1. The topological polar surface area (TPSA) is 66.5 Å². The molecule has 0 aromatic heterocycles.